The molecular formula is C14H15BrN2O2S. The number of para-hydroxylation sites is 1. The number of halogens is 1. The van der Waals surface area contributed by atoms with Gasteiger partial charge >= 0.3 is 0 Å². The molecule has 0 heterocycles. The van der Waals surface area contributed by atoms with E-state index in [1.54, 1.807) is 24.3 Å². The van der Waals surface area contributed by atoms with Crippen molar-refractivity contribution in [1.29, 1.82) is 0 Å². The molecule has 0 aliphatic heterocycles. The molecule has 0 bridgehead atoms. The molecule has 4 nitrogen and oxygen atoms in total. The molecule has 6 heteroatoms. The van der Waals surface area contributed by atoms with Crippen molar-refractivity contribution in [2.24, 2.45) is 0 Å². The summed E-state index contributed by atoms with van der Waals surface area (Å²) in [5.41, 5.74) is 1.64. The van der Waals surface area contributed by atoms with Gasteiger partial charge in [-0.1, -0.05) is 46.3 Å². The molecule has 0 spiro atoms. The van der Waals surface area contributed by atoms with Gasteiger partial charge in [0.15, 0.2) is 0 Å². The normalized spacial score (nSPS) is 11.3. The first-order valence-electron chi connectivity index (χ1n) is 6.04. The molecule has 2 N–H and O–H groups in total. The highest BCUT2D eigenvalue weighted by Gasteiger charge is 2.15. The number of anilines is 1. The Bertz CT molecular complexity index is 702. The molecule has 0 atom stereocenters. The molecule has 0 saturated carbocycles. The topological polar surface area (TPSA) is 58.2 Å². The Balaban J connectivity index is 2.25. The molecule has 0 unspecified atom stereocenters. The summed E-state index contributed by atoms with van der Waals surface area (Å²) in [5, 5.41) is 3.16. The Hall–Kier alpha value is -1.37. The third-order valence-electron chi connectivity index (χ3n) is 2.87. The molecule has 0 amide bonds. The SMILES string of the molecule is CNS(=O)(=O)c1ccccc1NCc1ccccc1Br. The van der Waals surface area contributed by atoms with E-state index in [4.69, 9.17) is 0 Å². The van der Waals surface area contributed by atoms with Crippen LogP contribution in [0.1, 0.15) is 5.56 Å². The molecule has 0 fully saturated rings. The van der Waals surface area contributed by atoms with E-state index >= 15 is 0 Å². The Morgan fingerprint density at radius 3 is 2.40 bits per heavy atom. The highest BCUT2D eigenvalue weighted by atomic mass is 79.9. The summed E-state index contributed by atoms with van der Waals surface area (Å²) >= 11 is 3.47. The molecule has 2 rings (SSSR count). The van der Waals surface area contributed by atoms with Crippen LogP contribution in [-0.4, -0.2) is 15.5 Å². The summed E-state index contributed by atoms with van der Waals surface area (Å²) in [6, 6.07) is 14.6. The molecule has 2 aromatic carbocycles. The maximum Gasteiger partial charge on any atom is 0.242 e. The molecule has 0 aliphatic carbocycles. The number of rotatable bonds is 5. The fourth-order valence-corrected chi connectivity index (χ4v) is 3.12. The van der Waals surface area contributed by atoms with Gasteiger partial charge in [-0.2, -0.15) is 0 Å². The van der Waals surface area contributed by atoms with Gasteiger partial charge in [0.05, 0.1) is 5.69 Å². The summed E-state index contributed by atoms with van der Waals surface area (Å²) in [6.07, 6.45) is 0. The van der Waals surface area contributed by atoms with E-state index in [1.165, 1.54) is 7.05 Å². The zero-order chi connectivity index (χ0) is 14.6. The van der Waals surface area contributed by atoms with Crippen LogP contribution in [0.25, 0.3) is 0 Å². The maximum atomic E-state index is 11.9. The average Bonchev–Trinajstić information content (AvgIpc) is 2.47. The van der Waals surface area contributed by atoms with E-state index in [0.717, 1.165) is 10.0 Å². The van der Waals surface area contributed by atoms with Gasteiger partial charge in [0.25, 0.3) is 0 Å². The van der Waals surface area contributed by atoms with Crippen molar-refractivity contribution >= 4 is 31.6 Å². The van der Waals surface area contributed by atoms with Gasteiger partial charge in [-0.15, -0.1) is 0 Å². The van der Waals surface area contributed by atoms with Crippen LogP contribution in [0, 0.1) is 0 Å². The molecule has 0 aromatic heterocycles. The van der Waals surface area contributed by atoms with Gasteiger partial charge in [-0.05, 0) is 30.8 Å². The van der Waals surface area contributed by atoms with Crippen LogP contribution in [0.3, 0.4) is 0 Å². The lowest BCUT2D eigenvalue weighted by molar-refractivity contribution is 0.588. The van der Waals surface area contributed by atoms with Gasteiger partial charge in [0.2, 0.25) is 10.0 Å². The zero-order valence-electron chi connectivity index (χ0n) is 10.9. The number of hydrogen-bond acceptors (Lipinski definition) is 3. The van der Waals surface area contributed by atoms with Crippen molar-refractivity contribution in [2.45, 2.75) is 11.4 Å². The van der Waals surface area contributed by atoms with E-state index < -0.39 is 10.0 Å². The van der Waals surface area contributed by atoms with Gasteiger partial charge in [-0.3, -0.25) is 0 Å². The average molecular weight is 355 g/mol. The van der Waals surface area contributed by atoms with E-state index in [9.17, 15) is 8.42 Å². The van der Waals surface area contributed by atoms with E-state index in [-0.39, 0.29) is 4.90 Å². The predicted molar refractivity (Wildman–Crippen MR) is 84.2 cm³/mol. The van der Waals surface area contributed by atoms with E-state index in [1.807, 2.05) is 24.3 Å². The maximum absolute atomic E-state index is 11.9. The van der Waals surface area contributed by atoms with Crippen molar-refractivity contribution in [3.8, 4) is 0 Å². The summed E-state index contributed by atoms with van der Waals surface area (Å²) in [7, 11) is -2.06. The minimum absolute atomic E-state index is 0.245. The van der Waals surface area contributed by atoms with Crippen molar-refractivity contribution in [2.75, 3.05) is 12.4 Å². The lowest BCUT2D eigenvalue weighted by atomic mass is 10.2. The second kappa shape index (κ2) is 6.39. The van der Waals surface area contributed by atoms with Gasteiger partial charge < -0.3 is 5.32 Å². The standard InChI is InChI=1S/C14H15BrN2O2S/c1-16-20(18,19)14-9-5-4-8-13(14)17-10-11-6-2-3-7-12(11)15/h2-9,16-17H,10H2,1H3. The number of benzene rings is 2. The highest BCUT2D eigenvalue weighted by Crippen LogP contribution is 2.22. The molecule has 0 aliphatic rings. The third-order valence-corrected chi connectivity index (χ3v) is 5.12. The summed E-state index contributed by atoms with van der Waals surface area (Å²) < 4.78 is 27.2. The van der Waals surface area contributed by atoms with Crippen LogP contribution in [-0.2, 0) is 16.6 Å². The molecule has 0 radical (unpaired) electrons. The number of nitrogens with one attached hydrogen (secondary N) is 2. The first-order valence-corrected chi connectivity index (χ1v) is 8.32. The minimum Gasteiger partial charge on any atom is -0.380 e. The highest BCUT2D eigenvalue weighted by molar-refractivity contribution is 9.10. The Morgan fingerprint density at radius 2 is 1.70 bits per heavy atom. The van der Waals surface area contributed by atoms with Crippen LogP contribution >= 0.6 is 15.9 Å². The lowest BCUT2D eigenvalue weighted by Gasteiger charge is -2.12. The van der Waals surface area contributed by atoms with Crippen molar-refractivity contribution in [1.82, 2.24) is 4.72 Å². The number of sulfonamides is 1. The first-order chi connectivity index (χ1) is 9.54. The molecule has 106 valence electrons. The Kier molecular flexibility index (Phi) is 4.80. The van der Waals surface area contributed by atoms with Crippen LogP contribution in [0.15, 0.2) is 57.9 Å². The molecule has 2 aromatic rings. The van der Waals surface area contributed by atoms with Crippen LogP contribution in [0.4, 0.5) is 5.69 Å². The monoisotopic (exact) mass is 354 g/mol. The summed E-state index contributed by atoms with van der Waals surface area (Å²) in [4.78, 5) is 0.245. The van der Waals surface area contributed by atoms with Gasteiger partial charge in [0.1, 0.15) is 4.90 Å². The second-order valence-corrected chi connectivity index (χ2v) is 6.86. The Morgan fingerprint density at radius 1 is 1.05 bits per heavy atom. The third kappa shape index (κ3) is 3.39. The quantitative estimate of drug-likeness (QED) is 0.867. The first kappa shape index (κ1) is 15.0. The van der Waals surface area contributed by atoms with Crippen molar-refractivity contribution in [3.05, 3.63) is 58.6 Å². The zero-order valence-corrected chi connectivity index (χ0v) is 13.3. The van der Waals surface area contributed by atoms with E-state index in [2.05, 4.69) is 26.0 Å². The van der Waals surface area contributed by atoms with Gasteiger partial charge in [-0.25, -0.2) is 13.1 Å². The second-order valence-electron chi connectivity index (χ2n) is 4.15. The fraction of sp³-hybridized carbons (Fsp3) is 0.143. The largest absolute Gasteiger partial charge is 0.380 e. The smallest absolute Gasteiger partial charge is 0.242 e. The lowest BCUT2D eigenvalue weighted by Crippen LogP contribution is -2.20. The summed E-state index contributed by atoms with van der Waals surface area (Å²) in [6.45, 7) is 0.539. The fourth-order valence-electron chi connectivity index (χ4n) is 1.79. The van der Waals surface area contributed by atoms with Crippen LogP contribution < -0.4 is 10.0 Å². The Labute approximate surface area is 127 Å². The predicted octanol–water partition coefficient (Wildman–Crippen LogP) is 2.97. The van der Waals surface area contributed by atoms with Crippen LogP contribution in [0.5, 0.6) is 0 Å². The molecule has 20 heavy (non-hydrogen) atoms. The summed E-state index contributed by atoms with van der Waals surface area (Å²) in [5.74, 6) is 0. The van der Waals surface area contributed by atoms with E-state index in [0.29, 0.717) is 12.2 Å². The van der Waals surface area contributed by atoms with Gasteiger partial charge in [0, 0.05) is 11.0 Å². The van der Waals surface area contributed by atoms with Crippen molar-refractivity contribution < 1.29 is 8.42 Å². The number of hydrogen-bond donors (Lipinski definition) is 2. The molecule has 0 saturated heterocycles. The molecular weight excluding hydrogens is 340 g/mol. The van der Waals surface area contributed by atoms with Crippen LogP contribution in [0.2, 0.25) is 0 Å². The minimum atomic E-state index is -3.47. The van der Waals surface area contributed by atoms with Crippen molar-refractivity contribution in [3.63, 3.8) is 0 Å².